The molecule has 1 aliphatic heterocycles. The Kier molecular flexibility index (Phi) is 5.01. The van der Waals surface area contributed by atoms with Crippen LogP contribution >= 0.6 is 0 Å². The highest BCUT2D eigenvalue weighted by atomic mass is 32.2. The van der Waals surface area contributed by atoms with Gasteiger partial charge < -0.3 is 9.47 Å². The van der Waals surface area contributed by atoms with Crippen molar-refractivity contribution in [3.63, 3.8) is 0 Å². The van der Waals surface area contributed by atoms with E-state index in [4.69, 9.17) is 9.47 Å². The topological polar surface area (TPSA) is 69.7 Å². The van der Waals surface area contributed by atoms with Gasteiger partial charge in [0, 0.05) is 13.2 Å². The first-order valence-electron chi connectivity index (χ1n) is 6.62. The van der Waals surface area contributed by atoms with Gasteiger partial charge in [-0.2, -0.15) is 0 Å². The molecule has 0 N–H and O–H groups in total. The first kappa shape index (κ1) is 16.4. The largest absolute Gasteiger partial charge is 0.465 e. The van der Waals surface area contributed by atoms with E-state index in [1.165, 1.54) is 13.8 Å². The average Bonchev–Trinajstić information content (AvgIpc) is 2.28. The number of ether oxygens (including phenoxy) is 2. The summed E-state index contributed by atoms with van der Waals surface area (Å²) in [5.41, 5.74) is -0.319. The van der Waals surface area contributed by atoms with Gasteiger partial charge in [0.1, 0.15) is 0 Å². The number of rotatable bonds is 5. The van der Waals surface area contributed by atoms with E-state index in [-0.39, 0.29) is 17.8 Å². The monoisotopic (exact) mass is 292 g/mol. The summed E-state index contributed by atoms with van der Waals surface area (Å²) in [7, 11) is -3.57. The molecular weight excluding hydrogens is 268 g/mol. The van der Waals surface area contributed by atoms with Crippen molar-refractivity contribution in [3.05, 3.63) is 0 Å². The van der Waals surface area contributed by atoms with E-state index in [1.54, 1.807) is 6.92 Å². The van der Waals surface area contributed by atoms with Crippen LogP contribution < -0.4 is 0 Å². The zero-order valence-corrected chi connectivity index (χ0v) is 13.0. The molecule has 0 aromatic rings. The fourth-order valence-electron chi connectivity index (χ4n) is 2.08. The molecule has 0 amide bonds. The Bertz CT molecular complexity index is 418. The standard InChI is InChI=1S/C13H24O5S/c1-5-18-11(14)12(2,3)19(15,16)10-13(4)6-8-17-9-7-13/h5-10H2,1-4H3. The Balaban J connectivity index is 2.88. The maximum Gasteiger partial charge on any atom is 0.326 e. The molecule has 1 fully saturated rings. The number of sulfone groups is 1. The van der Waals surface area contributed by atoms with Crippen molar-refractivity contribution in [3.8, 4) is 0 Å². The van der Waals surface area contributed by atoms with Gasteiger partial charge >= 0.3 is 5.97 Å². The van der Waals surface area contributed by atoms with E-state index in [2.05, 4.69) is 0 Å². The third-order valence-electron chi connectivity index (χ3n) is 3.78. The van der Waals surface area contributed by atoms with Gasteiger partial charge in [0.05, 0.1) is 12.4 Å². The van der Waals surface area contributed by atoms with Gasteiger partial charge in [0.2, 0.25) is 0 Å². The molecule has 0 atom stereocenters. The van der Waals surface area contributed by atoms with Gasteiger partial charge in [-0.05, 0) is 39.0 Å². The van der Waals surface area contributed by atoms with Gasteiger partial charge in [0.15, 0.2) is 14.6 Å². The minimum atomic E-state index is -3.57. The van der Waals surface area contributed by atoms with Gasteiger partial charge in [-0.25, -0.2) is 8.42 Å². The maximum absolute atomic E-state index is 12.5. The van der Waals surface area contributed by atoms with Crippen LogP contribution in [0.5, 0.6) is 0 Å². The van der Waals surface area contributed by atoms with Crippen molar-refractivity contribution in [2.45, 2.75) is 45.3 Å². The highest BCUT2D eigenvalue weighted by molar-refractivity contribution is 7.93. The summed E-state index contributed by atoms with van der Waals surface area (Å²) in [5.74, 6) is -0.680. The van der Waals surface area contributed by atoms with Crippen LogP contribution in [0.3, 0.4) is 0 Å². The Morgan fingerprint density at radius 3 is 2.32 bits per heavy atom. The molecular formula is C13H24O5S. The number of carbonyl (C=O) groups excluding carboxylic acids is 1. The Hall–Kier alpha value is -0.620. The van der Waals surface area contributed by atoms with Crippen LogP contribution in [-0.4, -0.2) is 44.7 Å². The maximum atomic E-state index is 12.5. The normalized spacial score (nSPS) is 20.0. The lowest BCUT2D eigenvalue weighted by Crippen LogP contribution is -2.47. The zero-order chi connectivity index (χ0) is 14.7. The van der Waals surface area contributed by atoms with Crippen LogP contribution in [0.2, 0.25) is 0 Å². The second-order valence-corrected chi connectivity index (χ2v) is 8.45. The van der Waals surface area contributed by atoms with E-state index in [0.717, 1.165) is 0 Å². The fourth-order valence-corrected chi connectivity index (χ4v) is 3.96. The molecule has 0 radical (unpaired) electrons. The van der Waals surface area contributed by atoms with Crippen molar-refractivity contribution in [2.75, 3.05) is 25.6 Å². The number of carbonyl (C=O) groups is 1. The predicted molar refractivity (Wildman–Crippen MR) is 72.7 cm³/mol. The van der Waals surface area contributed by atoms with Crippen LogP contribution in [-0.2, 0) is 24.1 Å². The van der Waals surface area contributed by atoms with Gasteiger partial charge in [-0.3, -0.25) is 4.79 Å². The molecule has 1 saturated heterocycles. The molecule has 0 aromatic carbocycles. The number of hydrogen-bond acceptors (Lipinski definition) is 5. The Labute approximate surface area is 115 Å². The summed E-state index contributed by atoms with van der Waals surface area (Å²) >= 11 is 0. The first-order valence-corrected chi connectivity index (χ1v) is 8.27. The smallest absolute Gasteiger partial charge is 0.326 e. The number of esters is 1. The quantitative estimate of drug-likeness (QED) is 0.719. The van der Waals surface area contributed by atoms with Crippen molar-refractivity contribution >= 4 is 15.8 Å². The third kappa shape index (κ3) is 3.69. The highest BCUT2D eigenvalue weighted by Crippen LogP contribution is 2.34. The zero-order valence-electron chi connectivity index (χ0n) is 12.2. The van der Waals surface area contributed by atoms with Crippen LogP contribution in [0.15, 0.2) is 0 Å². The Morgan fingerprint density at radius 2 is 1.84 bits per heavy atom. The summed E-state index contributed by atoms with van der Waals surface area (Å²) in [6.45, 7) is 7.78. The lowest BCUT2D eigenvalue weighted by atomic mass is 9.85. The van der Waals surface area contributed by atoms with Crippen molar-refractivity contribution < 1.29 is 22.7 Å². The minimum Gasteiger partial charge on any atom is -0.465 e. The molecule has 6 heteroatoms. The molecule has 1 aliphatic rings. The summed E-state index contributed by atoms with van der Waals surface area (Å²) in [4.78, 5) is 11.8. The van der Waals surface area contributed by atoms with Crippen molar-refractivity contribution in [1.82, 2.24) is 0 Å². The molecule has 0 spiro atoms. The fraction of sp³-hybridized carbons (Fsp3) is 0.923. The lowest BCUT2D eigenvalue weighted by Gasteiger charge is -2.35. The second kappa shape index (κ2) is 5.79. The molecule has 0 aliphatic carbocycles. The molecule has 0 saturated carbocycles. The first-order chi connectivity index (χ1) is 8.65. The van der Waals surface area contributed by atoms with E-state index in [9.17, 15) is 13.2 Å². The van der Waals surface area contributed by atoms with Crippen molar-refractivity contribution in [2.24, 2.45) is 5.41 Å². The minimum absolute atomic E-state index is 0.00479. The lowest BCUT2D eigenvalue weighted by molar-refractivity contribution is -0.145. The molecule has 1 rings (SSSR count). The van der Waals surface area contributed by atoms with E-state index in [0.29, 0.717) is 26.1 Å². The predicted octanol–water partition coefficient (Wildman–Crippen LogP) is 1.56. The molecule has 0 unspecified atom stereocenters. The third-order valence-corrected chi connectivity index (χ3v) is 6.58. The van der Waals surface area contributed by atoms with E-state index < -0.39 is 20.6 Å². The molecule has 0 bridgehead atoms. The molecule has 19 heavy (non-hydrogen) atoms. The SMILES string of the molecule is CCOC(=O)C(C)(C)S(=O)(=O)CC1(C)CCOCC1. The second-order valence-electron chi connectivity index (χ2n) is 5.91. The van der Waals surface area contributed by atoms with E-state index >= 15 is 0 Å². The van der Waals surface area contributed by atoms with Gasteiger partial charge in [0.25, 0.3) is 0 Å². The Morgan fingerprint density at radius 1 is 1.32 bits per heavy atom. The highest BCUT2D eigenvalue weighted by Gasteiger charge is 2.46. The van der Waals surface area contributed by atoms with Crippen molar-refractivity contribution in [1.29, 1.82) is 0 Å². The molecule has 1 heterocycles. The summed E-state index contributed by atoms with van der Waals surface area (Å²) in [6.07, 6.45) is 1.40. The molecule has 5 nitrogen and oxygen atoms in total. The van der Waals surface area contributed by atoms with Gasteiger partial charge in [-0.15, -0.1) is 0 Å². The summed E-state index contributed by atoms with van der Waals surface area (Å²) < 4.78 is 33.6. The van der Waals surface area contributed by atoms with Crippen LogP contribution in [0.4, 0.5) is 0 Å². The summed E-state index contributed by atoms with van der Waals surface area (Å²) in [5, 5.41) is 0. The molecule has 112 valence electrons. The van der Waals surface area contributed by atoms with Crippen LogP contribution in [0.1, 0.15) is 40.5 Å². The van der Waals surface area contributed by atoms with E-state index in [1.807, 2.05) is 6.92 Å². The summed E-state index contributed by atoms with van der Waals surface area (Å²) in [6, 6.07) is 0. The molecule has 0 aromatic heterocycles. The average molecular weight is 292 g/mol. The van der Waals surface area contributed by atoms with Gasteiger partial charge in [-0.1, -0.05) is 6.92 Å². The van der Waals surface area contributed by atoms with Crippen LogP contribution in [0.25, 0.3) is 0 Å². The number of hydrogen-bond donors (Lipinski definition) is 0. The van der Waals surface area contributed by atoms with Crippen LogP contribution in [0, 0.1) is 5.41 Å².